The number of piperidine rings is 1. The molecule has 148 valence electrons. The van der Waals surface area contributed by atoms with Gasteiger partial charge in [0.05, 0.1) is 18.5 Å². The van der Waals surface area contributed by atoms with Gasteiger partial charge >= 0.3 is 0 Å². The van der Waals surface area contributed by atoms with E-state index in [9.17, 15) is 13.2 Å². The molecule has 3 fully saturated rings. The zero-order valence-electron chi connectivity index (χ0n) is 15.9. The largest absolute Gasteiger partial charge is 0.472 e. The highest BCUT2D eigenvalue weighted by atomic mass is 32.2. The lowest BCUT2D eigenvalue weighted by Gasteiger charge is -2.39. The number of fused-ring (bicyclic) bond motifs is 2. The first-order valence-corrected chi connectivity index (χ1v) is 11.3. The van der Waals surface area contributed by atoms with Gasteiger partial charge in [-0.25, -0.2) is 13.4 Å². The van der Waals surface area contributed by atoms with E-state index in [0.29, 0.717) is 37.7 Å². The van der Waals surface area contributed by atoms with E-state index >= 15 is 0 Å². The summed E-state index contributed by atoms with van der Waals surface area (Å²) in [6.45, 7) is 4.92. The molecular formula is C19H27N3O4S. The van der Waals surface area contributed by atoms with Gasteiger partial charge in [0, 0.05) is 30.8 Å². The van der Waals surface area contributed by atoms with Gasteiger partial charge in [-0.1, -0.05) is 13.8 Å². The second kappa shape index (κ2) is 6.51. The first-order valence-electron chi connectivity index (χ1n) is 9.68. The van der Waals surface area contributed by atoms with Crippen molar-refractivity contribution in [3.05, 3.63) is 18.6 Å². The maximum atomic E-state index is 13.2. The molecule has 27 heavy (non-hydrogen) atoms. The van der Waals surface area contributed by atoms with Crippen LogP contribution in [-0.4, -0.2) is 53.4 Å². The van der Waals surface area contributed by atoms with Gasteiger partial charge in [-0.3, -0.25) is 9.78 Å². The molecule has 2 heterocycles. The molecule has 0 amide bonds. The molecule has 1 aliphatic heterocycles. The van der Waals surface area contributed by atoms with Gasteiger partial charge in [-0.2, -0.15) is 4.31 Å². The zero-order valence-corrected chi connectivity index (χ0v) is 16.7. The predicted octanol–water partition coefficient (Wildman–Crippen LogP) is 2.04. The number of sulfonamides is 1. The smallest absolute Gasteiger partial charge is 0.232 e. The summed E-state index contributed by atoms with van der Waals surface area (Å²) in [6.07, 6.45) is 8.09. The standard InChI is InChI=1S/C19H27N3O4S/c1-18(2)14-5-6-19(18,16(23)10-14)13-27(24,25)22-9-3-4-15(12-22)26-17-11-20-7-8-21-17/h7-8,11,14-15H,3-6,9-10,12-13H2,1-2H3. The first-order chi connectivity index (χ1) is 12.7. The molecule has 1 aromatic heterocycles. The Labute approximate surface area is 160 Å². The average Bonchev–Trinajstić information content (AvgIpc) is 2.97. The molecule has 2 saturated carbocycles. The highest BCUT2D eigenvalue weighted by molar-refractivity contribution is 7.89. The molecule has 3 aliphatic rings. The molecule has 8 heteroatoms. The zero-order chi connectivity index (χ0) is 19.3. The lowest BCUT2D eigenvalue weighted by Crippen LogP contribution is -2.50. The molecule has 0 radical (unpaired) electrons. The molecular weight excluding hydrogens is 366 g/mol. The average molecular weight is 394 g/mol. The van der Waals surface area contributed by atoms with Crippen LogP contribution in [0.3, 0.4) is 0 Å². The number of hydrogen-bond acceptors (Lipinski definition) is 6. The number of nitrogens with zero attached hydrogens (tertiary/aromatic N) is 3. The Kier molecular flexibility index (Phi) is 4.54. The van der Waals surface area contributed by atoms with Gasteiger partial charge < -0.3 is 4.74 Å². The minimum atomic E-state index is -3.54. The summed E-state index contributed by atoms with van der Waals surface area (Å²) < 4.78 is 33.8. The van der Waals surface area contributed by atoms with Gasteiger partial charge in [-0.05, 0) is 37.0 Å². The van der Waals surface area contributed by atoms with E-state index in [0.717, 1.165) is 19.3 Å². The van der Waals surface area contributed by atoms with Crippen molar-refractivity contribution in [3.8, 4) is 5.88 Å². The number of Topliss-reactive ketones (excluding diaryl/α,β-unsaturated/α-hetero) is 1. The summed E-state index contributed by atoms with van der Waals surface area (Å²) in [4.78, 5) is 20.8. The molecule has 2 aliphatic carbocycles. The highest BCUT2D eigenvalue weighted by Gasteiger charge is 2.65. The van der Waals surface area contributed by atoms with Crippen molar-refractivity contribution in [2.24, 2.45) is 16.7 Å². The van der Waals surface area contributed by atoms with Crippen LogP contribution >= 0.6 is 0 Å². The number of carbonyl (C=O) groups excluding carboxylic acids is 1. The minimum Gasteiger partial charge on any atom is -0.472 e. The number of carbonyl (C=O) groups is 1. The van der Waals surface area contributed by atoms with E-state index in [4.69, 9.17) is 4.74 Å². The molecule has 4 rings (SSSR count). The fourth-order valence-corrected chi connectivity index (χ4v) is 7.57. The van der Waals surface area contributed by atoms with Crippen LogP contribution in [0.2, 0.25) is 0 Å². The molecule has 0 spiro atoms. The highest BCUT2D eigenvalue weighted by Crippen LogP contribution is 2.64. The summed E-state index contributed by atoms with van der Waals surface area (Å²) in [6, 6.07) is 0. The van der Waals surface area contributed by atoms with Gasteiger partial charge in [-0.15, -0.1) is 0 Å². The predicted molar refractivity (Wildman–Crippen MR) is 99.6 cm³/mol. The number of rotatable bonds is 5. The lowest BCUT2D eigenvalue weighted by molar-refractivity contribution is -0.128. The molecule has 7 nitrogen and oxygen atoms in total. The van der Waals surface area contributed by atoms with Gasteiger partial charge in [0.1, 0.15) is 11.9 Å². The SMILES string of the molecule is CC1(C)C2CCC1(CS(=O)(=O)N1CCCC(Oc3cnccn3)C1)C(=O)C2. The van der Waals surface area contributed by atoms with Crippen molar-refractivity contribution >= 4 is 15.8 Å². The van der Waals surface area contributed by atoms with E-state index in [1.54, 1.807) is 12.4 Å². The molecule has 1 saturated heterocycles. The van der Waals surface area contributed by atoms with Crippen molar-refractivity contribution in [3.63, 3.8) is 0 Å². The van der Waals surface area contributed by atoms with Gasteiger partial charge in [0.15, 0.2) is 0 Å². The Hall–Kier alpha value is -1.54. The van der Waals surface area contributed by atoms with Crippen LogP contribution in [-0.2, 0) is 14.8 Å². The second-order valence-corrected chi connectivity index (χ2v) is 10.7. The second-order valence-electron chi connectivity index (χ2n) is 8.71. The van der Waals surface area contributed by atoms with Crippen molar-refractivity contribution < 1.29 is 17.9 Å². The Balaban J connectivity index is 1.49. The molecule has 2 bridgehead atoms. The van der Waals surface area contributed by atoms with E-state index < -0.39 is 15.4 Å². The Bertz CT molecular complexity index is 827. The van der Waals surface area contributed by atoms with Crippen molar-refractivity contribution in [1.82, 2.24) is 14.3 Å². The van der Waals surface area contributed by atoms with Gasteiger partial charge in [0.2, 0.25) is 15.9 Å². The summed E-state index contributed by atoms with van der Waals surface area (Å²) in [5, 5.41) is 0. The number of aromatic nitrogens is 2. The van der Waals surface area contributed by atoms with Crippen LogP contribution in [0, 0.1) is 16.7 Å². The van der Waals surface area contributed by atoms with Crippen LogP contribution < -0.4 is 4.74 Å². The summed E-state index contributed by atoms with van der Waals surface area (Å²) >= 11 is 0. The third-order valence-electron chi connectivity index (χ3n) is 7.13. The van der Waals surface area contributed by atoms with E-state index in [1.807, 2.05) is 0 Å². The van der Waals surface area contributed by atoms with Crippen molar-refractivity contribution in [2.75, 3.05) is 18.8 Å². The lowest BCUT2D eigenvalue weighted by atomic mass is 9.70. The van der Waals surface area contributed by atoms with Gasteiger partial charge in [0.25, 0.3) is 0 Å². The third kappa shape index (κ3) is 3.06. The van der Waals surface area contributed by atoms with Crippen LogP contribution in [0.4, 0.5) is 0 Å². The van der Waals surface area contributed by atoms with Crippen LogP contribution in [0.1, 0.15) is 46.0 Å². The maximum absolute atomic E-state index is 13.2. The number of ether oxygens (including phenoxy) is 1. The van der Waals surface area contributed by atoms with Crippen molar-refractivity contribution in [1.29, 1.82) is 0 Å². The Morgan fingerprint density at radius 2 is 2.11 bits per heavy atom. The fourth-order valence-electron chi connectivity index (χ4n) is 5.28. The normalized spacial score (nSPS) is 33.3. The monoisotopic (exact) mass is 393 g/mol. The van der Waals surface area contributed by atoms with Crippen LogP contribution in [0.5, 0.6) is 5.88 Å². The quantitative estimate of drug-likeness (QED) is 0.761. The fraction of sp³-hybridized carbons (Fsp3) is 0.737. The Morgan fingerprint density at radius 1 is 1.30 bits per heavy atom. The molecule has 1 aromatic rings. The molecule has 3 unspecified atom stereocenters. The topological polar surface area (TPSA) is 89.5 Å². The molecule has 3 atom stereocenters. The molecule has 0 N–H and O–H groups in total. The third-order valence-corrected chi connectivity index (χ3v) is 9.11. The number of hydrogen-bond donors (Lipinski definition) is 0. The van der Waals surface area contributed by atoms with Crippen LogP contribution in [0.15, 0.2) is 18.6 Å². The number of ketones is 1. The minimum absolute atomic E-state index is 0.0693. The van der Waals surface area contributed by atoms with Crippen LogP contribution in [0.25, 0.3) is 0 Å². The first kappa shape index (κ1) is 18.8. The van der Waals surface area contributed by atoms with E-state index in [1.165, 1.54) is 10.5 Å². The van der Waals surface area contributed by atoms with E-state index in [2.05, 4.69) is 23.8 Å². The maximum Gasteiger partial charge on any atom is 0.232 e. The summed E-state index contributed by atoms with van der Waals surface area (Å²) in [5.41, 5.74) is -0.975. The summed E-state index contributed by atoms with van der Waals surface area (Å²) in [7, 11) is -3.54. The van der Waals surface area contributed by atoms with E-state index in [-0.39, 0.29) is 23.1 Å². The van der Waals surface area contributed by atoms with Crippen molar-refractivity contribution in [2.45, 2.75) is 52.1 Å². The molecule has 0 aromatic carbocycles. The Morgan fingerprint density at radius 3 is 2.74 bits per heavy atom. The summed E-state index contributed by atoms with van der Waals surface area (Å²) in [5.74, 6) is 0.789.